The molecule has 28 heavy (non-hydrogen) atoms. The van der Waals surface area contributed by atoms with Crippen LogP contribution in [0.3, 0.4) is 0 Å². The zero-order valence-electron chi connectivity index (χ0n) is 15.4. The molecule has 0 radical (unpaired) electrons. The van der Waals surface area contributed by atoms with Gasteiger partial charge in [0.25, 0.3) is 5.69 Å². The zero-order chi connectivity index (χ0) is 20.1. The normalized spacial score (nSPS) is 14.6. The van der Waals surface area contributed by atoms with Crippen molar-refractivity contribution < 1.29 is 18.8 Å². The largest absolute Gasteiger partial charge is 0.494 e. The summed E-state index contributed by atoms with van der Waals surface area (Å²) in [7, 11) is 1.31. The molecule has 0 unspecified atom stereocenters. The van der Waals surface area contributed by atoms with Crippen LogP contribution in [0.25, 0.3) is 0 Å². The van der Waals surface area contributed by atoms with E-state index in [4.69, 9.17) is 4.74 Å². The maximum absolute atomic E-state index is 13.8. The fraction of sp³-hybridized carbons (Fsp3) is 0.368. The first kappa shape index (κ1) is 19.5. The molecule has 8 nitrogen and oxygen atoms in total. The Bertz CT molecular complexity index is 855. The fourth-order valence-corrected chi connectivity index (χ4v) is 3.31. The van der Waals surface area contributed by atoms with Gasteiger partial charge in [-0.15, -0.1) is 0 Å². The Morgan fingerprint density at radius 3 is 2.79 bits per heavy atom. The van der Waals surface area contributed by atoms with Crippen molar-refractivity contribution in [1.82, 2.24) is 10.3 Å². The number of benzene rings is 1. The second-order valence-corrected chi connectivity index (χ2v) is 6.57. The molecule has 1 aromatic heterocycles. The molecule has 2 aromatic rings. The van der Waals surface area contributed by atoms with E-state index in [2.05, 4.69) is 10.3 Å². The molecule has 0 saturated carbocycles. The number of ether oxygens (including phenoxy) is 1. The van der Waals surface area contributed by atoms with Gasteiger partial charge in [-0.1, -0.05) is 6.07 Å². The lowest BCUT2D eigenvalue weighted by Gasteiger charge is -2.32. The number of amides is 1. The number of rotatable bonds is 6. The molecule has 0 bridgehead atoms. The monoisotopic (exact) mass is 388 g/mol. The van der Waals surface area contributed by atoms with Crippen molar-refractivity contribution in [2.75, 3.05) is 25.1 Å². The first-order valence-corrected chi connectivity index (χ1v) is 8.93. The van der Waals surface area contributed by atoms with Gasteiger partial charge in [0.2, 0.25) is 5.91 Å². The fourth-order valence-electron chi connectivity index (χ4n) is 3.31. The predicted octanol–water partition coefficient (Wildman–Crippen LogP) is 2.67. The third-order valence-corrected chi connectivity index (χ3v) is 4.84. The minimum Gasteiger partial charge on any atom is -0.494 e. The lowest BCUT2D eigenvalue weighted by Crippen LogP contribution is -2.40. The molecule has 0 aliphatic carbocycles. The summed E-state index contributed by atoms with van der Waals surface area (Å²) in [5.74, 6) is -1.04. The van der Waals surface area contributed by atoms with Crippen LogP contribution in [-0.2, 0) is 11.3 Å². The van der Waals surface area contributed by atoms with Crippen molar-refractivity contribution in [2.45, 2.75) is 19.4 Å². The summed E-state index contributed by atoms with van der Waals surface area (Å²) < 4.78 is 18.8. The van der Waals surface area contributed by atoms with E-state index >= 15 is 0 Å². The van der Waals surface area contributed by atoms with Gasteiger partial charge >= 0.3 is 0 Å². The molecule has 1 saturated heterocycles. The molecule has 1 aliphatic heterocycles. The molecule has 0 spiro atoms. The second-order valence-electron chi connectivity index (χ2n) is 6.57. The first-order chi connectivity index (χ1) is 13.5. The Labute approximate surface area is 161 Å². The third-order valence-electron chi connectivity index (χ3n) is 4.84. The van der Waals surface area contributed by atoms with Crippen LogP contribution in [0, 0.1) is 21.8 Å². The number of pyridine rings is 1. The molecule has 148 valence electrons. The number of hydrogen-bond acceptors (Lipinski definition) is 6. The van der Waals surface area contributed by atoms with Crippen LogP contribution in [0.5, 0.6) is 5.75 Å². The van der Waals surface area contributed by atoms with Gasteiger partial charge in [-0.05, 0) is 24.5 Å². The molecular weight excluding hydrogens is 367 g/mol. The van der Waals surface area contributed by atoms with Gasteiger partial charge in [0.1, 0.15) is 5.69 Å². The minimum atomic E-state index is -0.775. The van der Waals surface area contributed by atoms with Gasteiger partial charge in [0, 0.05) is 44.0 Å². The van der Waals surface area contributed by atoms with Gasteiger partial charge in [-0.25, -0.2) is 4.39 Å². The van der Waals surface area contributed by atoms with Crippen molar-refractivity contribution in [2.24, 2.45) is 5.92 Å². The molecule has 1 fully saturated rings. The van der Waals surface area contributed by atoms with Crippen molar-refractivity contribution in [3.8, 4) is 5.75 Å². The smallest absolute Gasteiger partial charge is 0.295 e. The van der Waals surface area contributed by atoms with E-state index in [-0.39, 0.29) is 23.3 Å². The maximum atomic E-state index is 13.8. The molecule has 9 heteroatoms. The van der Waals surface area contributed by atoms with Gasteiger partial charge in [-0.2, -0.15) is 0 Å². The van der Waals surface area contributed by atoms with Crippen molar-refractivity contribution in [3.63, 3.8) is 0 Å². The van der Waals surface area contributed by atoms with Crippen LogP contribution >= 0.6 is 0 Å². The van der Waals surface area contributed by atoms with Crippen molar-refractivity contribution >= 4 is 17.3 Å². The number of hydrogen-bond donors (Lipinski definition) is 1. The summed E-state index contributed by atoms with van der Waals surface area (Å²) in [5.41, 5.74) is 0.914. The van der Waals surface area contributed by atoms with Crippen LogP contribution in [0.1, 0.15) is 18.4 Å². The highest BCUT2D eigenvalue weighted by Gasteiger charge is 2.29. The second kappa shape index (κ2) is 8.64. The van der Waals surface area contributed by atoms with Crippen molar-refractivity contribution in [3.05, 3.63) is 58.2 Å². The molecule has 1 amide bonds. The van der Waals surface area contributed by atoms with E-state index in [1.807, 2.05) is 12.1 Å². The number of nitro benzene ring substituents is 1. The number of nitrogens with zero attached hydrogens (tertiary/aromatic N) is 3. The molecular formula is C19H21FN4O4. The number of anilines is 1. The van der Waals surface area contributed by atoms with Gasteiger partial charge in [-0.3, -0.25) is 19.9 Å². The quantitative estimate of drug-likeness (QED) is 0.604. The highest BCUT2D eigenvalue weighted by atomic mass is 19.1. The van der Waals surface area contributed by atoms with Gasteiger partial charge in [0.15, 0.2) is 11.6 Å². The van der Waals surface area contributed by atoms with Crippen LogP contribution in [0.4, 0.5) is 15.8 Å². The Hall–Kier alpha value is -3.23. The lowest BCUT2D eigenvalue weighted by molar-refractivity contribution is -0.384. The molecule has 0 atom stereocenters. The molecule has 1 N–H and O–H groups in total. The number of nitrogens with one attached hydrogen (secondary N) is 1. The predicted molar refractivity (Wildman–Crippen MR) is 101 cm³/mol. The number of methoxy groups -OCH3 is 1. The number of piperidine rings is 1. The summed E-state index contributed by atoms with van der Waals surface area (Å²) >= 11 is 0. The number of carbonyl (C=O) groups is 1. The van der Waals surface area contributed by atoms with Crippen LogP contribution in [-0.4, -0.2) is 36.0 Å². The van der Waals surface area contributed by atoms with E-state index in [9.17, 15) is 19.3 Å². The third kappa shape index (κ3) is 4.36. The first-order valence-electron chi connectivity index (χ1n) is 8.93. The van der Waals surface area contributed by atoms with Crippen LogP contribution in [0.15, 0.2) is 36.7 Å². The Morgan fingerprint density at radius 1 is 1.43 bits per heavy atom. The van der Waals surface area contributed by atoms with Crippen LogP contribution < -0.4 is 15.0 Å². The van der Waals surface area contributed by atoms with E-state index < -0.39 is 10.7 Å². The summed E-state index contributed by atoms with van der Waals surface area (Å²) in [6.07, 6.45) is 4.47. The molecule has 2 heterocycles. The molecule has 3 rings (SSSR count). The SMILES string of the molecule is COc1cc(N2CCC(C(=O)NCc3cccnc3)CC2)c([N+](=O)[O-])cc1F. The number of halogens is 1. The summed E-state index contributed by atoms with van der Waals surface area (Å²) in [4.78, 5) is 28.9. The maximum Gasteiger partial charge on any atom is 0.295 e. The summed E-state index contributed by atoms with van der Waals surface area (Å²) in [6.45, 7) is 1.33. The number of aromatic nitrogens is 1. The van der Waals surface area contributed by atoms with E-state index in [1.54, 1.807) is 17.3 Å². The van der Waals surface area contributed by atoms with E-state index in [0.29, 0.717) is 38.2 Å². The highest BCUT2D eigenvalue weighted by Crippen LogP contribution is 2.36. The standard InChI is InChI=1S/C19H21FN4O4/c1-28-18-10-16(17(24(26)27)9-15(18)20)23-7-4-14(5-8-23)19(25)22-12-13-3-2-6-21-11-13/h2-3,6,9-11,14H,4-5,7-8,12H2,1H3,(H,22,25). The topological polar surface area (TPSA) is 97.6 Å². The lowest BCUT2D eigenvalue weighted by atomic mass is 9.95. The average Bonchev–Trinajstić information content (AvgIpc) is 2.72. The average molecular weight is 388 g/mol. The molecule has 1 aliphatic rings. The highest BCUT2D eigenvalue weighted by molar-refractivity contribution is 5.79. The zero-order valence-corrected chi connectivity index (χ0v) is 15.4. The Balaban J connectivity index is 1.63. The Kier molecular flexibility index (Phi) is 6.03. The number of carbonyl (C=O) groups excluding carboxylic acids is 1. The van der Waals surface area contributed by atoms with E-state index in [0.717, 1.165) is 11.6 Å². The van der Waals surface area contributed by atoms with Gasteiger partial charge in [0.05, 0.1) is 18.1 Å². The number of nitro groups is 1. The molecule has 1 aromatic carbocycles. The van der Waals surface area contributed by atoms with Crippen LogP contribution in [0.2, 0.25) is 0 Å². The Morgan fingerprint density at radius 2 is 2.18 bits per heavy atom. The van der Waals surface area contributed by atoms with Gasteiger partial charge < -0.3 is 15.0 Å². The minimum absolute atomic E-state index is 0.0445. The van der Waals surface area contributed by atoms with Crippen molar-refractivity contribution in [1.29, 1.82) is 0 Å². The van der Waals surface area contributed by atoms with E-state index in [1.165, 1.54) is 13.2 Å². The summed E-state index contributed by atoms with van der Waals surface area (Å²) in [6, 6.07) is 5.91. The summed E-state index contributed by atoms with van der Waals surface area (Å²) in [5, 5.41) is 14.2.